The third-order valence-corrected chi connectivity index (χ3v) is 2.41. The fourth-order valence-corrected chi connectivity index (χ4v) is 1.61. The van der Waals surface area contributed by atoms with Gasteiger partial charge < -0.3 is 5.21 Å². The van der Waals surface area contributed by atoms with Crippen LogP contribution in [-0.4, -0.2) is 10.9 Å². The van der Waals surface area contributed by atoms with Crippen molar-refractivity contribution >= 4 is 5.71 Å². The molecule has 0 radical (unpaired) electrons. The number of nitriles is 1. The second kappa shape index (κ2) is 4.95. The molecule has 0 atom stereocenters. The van der Waals surface area contributed by atoms with Gasteiger partial charge in [-0.3, -0.25) is 0 Å². The highest BCUT2D eigenvalue weighted by Gasteiger charge is 2.07. The normalized spacial score (nSPS) is 10.9. The van der Waals surface area contributed by atoms with Gasteiger partial charge in [-0.25, -0.2) is 0 Å². The van der Waals surface area contributed by atoms with Crippen LogP contribution in [-0.2, 0) is 0 Å². The second-order valence-corrected chi connectivity index (χ2v) is 3.51. The lowest BCUT2D eigenvalue weighted by Crippen LogP contribution is -2.03. The van der Waals surface area contributed by atoms with Gasteiger partial charge in [0, 0.05) is 11.1 Å². The largest absolute Gasteiger partial charge is 0.410 e. The summed E-state index contributed by atoms with van der Waals surface area (Å²) in [6, 6.07) is 18.4. The quantitative estimate of drug-likeness (QED) is 0.482. The van der Waals surface area contributed by atoms with Gasteiger partial charge in [0.2, 0.25) is 0 Å². The van der Waals surface area contributed by atoms with Gasteiger partial charge in [0.05, 0.1) is 11.6 Å². The van der Waals surface area contributed by atoms with Crippen molar-refractivity contribution in [3.05, 3.63) is 71.3 Å². The molecule has 2 aromatic carbocycles. The van der Waals surface area contributed by atoms with Gasteiger partial charge in [-0.05, 0) is 12.1 Å². The molecular formula is C14H10N2O. The minimum Gasteiger partial charge on any atom is -0.410 e. The zero-order valence-corrected chi connectivity index (χ0v) is 9.04. The highest BCUT2D eigenvalue weighted by atomic mass is 16.4. The summed E-state index contributed by atoms with van der Waals surface area (Å²) in [5.41, 5.74) is 2.53. The van der Waals surface area contributed by atoms with E-state index in [0.29, 0.717) is 11.3 Å². The summed E-state index contributed by atoms with van der Waals surface area (Å²) in [6.45, 7) is 0. The van der Waals surface area contributed by atoms with Gasteiger partial charge >= 0.3 is 0 Å². The topological polar surface area (TPSA) is 56.4 Å². The van der Waals surface area contributed by atoms with Crippen molar-refractivity contribution in [1.29, 1.82) is 5.26 Å². The number of oxime groups is 1. The molecule has 0 saturated carbocycles. The summed E-state index contributed by atoms with van der Waals surface area (Å²) in [4.78, 5) is 0. The van der Waals surface area contributed by atoms with Crippen molar-refractivity contribution < 1.29 is 5.21 Å². The Kier molecular flexibility index (Phi) is 3.18. The van der Waals surface area contributed by atoms with Crippen LogP contribution in [0.15, 0.2) is 59.8 Å². The molecule has 17 heavy (non-hydrogen) atoms. The van der Waals surface area contributed by atoms with Crippen LogP contribution in [0.4, 0.5) is 0 Å². The van der Waals surface area contributed by atoms with E-state index < -0.39 is 0 Å². The maximum atomic E-state index is 9.10. The first-order valence-corrected chi connectivity index (χ1v) is 5.13. The Morgan fingerprint density at radius 2 is 1.71 bits per heavy atom. The van der Waals surface area contributed by atoms with Crippen LogP contribution in [0.5, 0.6) is 0 Å². The molecule has 0 aliphatic heterocycles. The first kappa shape index (κ1) is 10.9. The van der Waals surface area contributed by atoms with E-state index in [0.717, 1.165) is 11.1 Å². The molecule has 0 aromatic heterocycles. The zero-order valence-electron chi connectivity index (χ0n) is 9.04. The van der Waals surface area contributed by atoms with Gasteiger partial charge in [0.15, 0.2) is 0 Å². The van der Waals surface area contributed by atoms with E-state index in [2.05, 4.69) is 11.2 Å². The Balaban J connectivity index is 2.48. The third kappa shape index (κ3) is 2.32. The van der Waals surface area contributed by atoms with E-state index in [4.69, 9.17) is 10.5 Å². The monoisotopic (exact) mass is 222 g/mol. The predicted molar refractivity (Wildman–Crippen MR) is 65.0 cm³/mol. The molecule has 0 heterocycles. The molecule has 0 saturated heterocycles. The van der Waals surface area contributed by atoms with Gasteiger partial charge in [-0.2, -0.15) is 5.26 Å². The van der Waals surface area contributed by atoms with E-state index in [1.807, 2.05) is 36.4 Å². The van der Waals surface area contributed by atoms with Crippen molar-refractivity contribution in [3.63, 3.8) is 0 Å². The van der Waals surface area contributed by atoms with Crippen molar-refractivity contribution in [3.8, 4) is 6.07 Å². The Morgan fingerprint density at radius 1 is 1.00 bits per heavy atom. The molecule has 0 fully saturated rings. The molecule has 0 aliphatic rings. The Bertz CT molecular complexity index is 583. The van der Waals surface area contributed by atoms with Crippen LogP contribution in [0.3, 0.4) is 0 Å². The molecule has 3 heteroatoms. The standard InChI is InChI=1S/C14H10N2O/c15-10-11-5-4-8-13(9-11)14(16-17)12-6-2-1-3-7-12/h1-9,17H. The van der Waals surface area contributed by atoms with Crippen LogP contribution in [0.25, 0.3) is 0 Å². The van der Waals surface area contributed by atoms with Gasteiger partial charge in [-0.15, -0.1) is 0 Å². The number of hydrogen-bond acceptors (Lipinski definition) is 3. The first-order valence-electron chi connectivity index (χ1n) is 5.13. The average molecular weight is 222 g/mol. The Hall–Kier alpha value is -2.60. The van der Waals surface area contributed by atoms with Crippen molar-refractivity contribution in [1.82, 2.24) is 0 Å². The zero-order chi connectivity index (χ0) is 12.1. The lowest BCUT2D eigenvalue weighted by Gasteiger charge is -2.04. The second-order valence-electron chi connectivity index (χ2n) is 3.51. The molecule has 1 N–H and O–H groups in total. The summed E-state index contributed by atoms with van der Waals surface area (Å²) >= 11 is 0. The van der Waals surface area contributed by atoms with Crippen LogP contribution in [0.1, 0.15) is 16.7 Å². The lowest BCUT2D eigenvalue weighted by atomic mass is 10.0. The molecule has 0 unspecified atom stereocenters. The van der Waals surface area contributed by atoms with Gasteiger partial charge in [0.25, 0.3) is 0 Å². The van der Waals surface area contributed by atoms with Crippen molar-refractivity contribution in [2.45, 2.75) is 0 Å². The average Bonchev–Trinajstić information content (AvgIpc) is 2.41. The molecular weight excluding hydrogens is 212 g/mol. The number of hydrogen-bond donors (Lipinski definition) is 1. The molecule has 0 aliphatic carbocycles. The van der Waals surface area contributed by atoms with E-state index >= 15 is 0 Å². The van der Waals surface area contributed by atoms with Crippen molar-refractivity contribution in [2.24, 2.45) is 5.16 Å². The van der Waals surface area contributed by atoms with Crippen LogP contribution in [0, 0.1) is 11.3 Å². The van der Waals surface area contributed by atoms with Crippen LogP contribution >= 0.6 is 0 Å². The Labute approximate surface area is 99.3 Å². The highest BCUT2D eigenvalue weighted by molar-refractivity contribution is 6.12. The summed E-state index contributed by atoms with van der Waals surface area (Å²) in [5.74, 6) is 0. The molecule has 0 bridgehead atoms. The summed E-state index contributed by atoms with van der Waals surface area (Å²) in [7, 11) is 0. The smallest absolute Gasteiger partial charge is 0.117 e. The Morgan fingerprint density at radius 3 is 2.35 bits per heavy atom. The summed E-state index contributed by atoms with van der Waals surface area (Å²) in [5, 5.41) is 21.2. The highest BCUT2D eigenvalue weighted by Crippen LogP contribution is 2.12. The van der Waals surface area contributed by atoms with Gasteiger partial charge in [0.1, 0.15) is 5.71 Å². The maximum absolute atomic E-state index is 9.10. The molecule has 82 valence electrons. The fourth-order valence-electron chi connectivity index (χ4n) is 1.61. The van der Waals surface area contributed by atoms with E-state index in [9.17, 15) is 0 Å². The van der Waals surface area contributed by atoms with E-state index in [-0.39, 0.29) is 0 Å². The first-order chi connectivity index (χ1) is 8.35. The molecule has 2 aromatic rings. The van der Waals surface area contributed by atoms with E-state index in [1.54, 1.807) is 18.2 Å². The number of rotatable bonds is 2. The van der Waals surface area contributed by atoms with Gasteiger partial charge in [-0.1, -0.05) is 47.6 Å². The van der Waals surface area contributed by atoms with Crippen LogP contribution < -0.4 is 0 Å². The summed E-state index contributed by atoms with van der Waals surface area (Å²) < 4.78 is 0. The predicted octanol–water partition coefficient (Wildman–Crippen LogP) is 2.78. The third-order valence-electron chi connectivity index (χ3n) is 2.41. The molecule has 0 spiro atoms. The number of benzene rings is 2. The van der Waals surface area contributed by atoms with Crippen LogP contribution in [0.2, 0.25) is 0 Å². The van der Waals surface area contributed by atoms with Crippen molar-refractivity contribution in [2.75, 3.05) is 0 Å². The summed E-state index contributed by atoms with van der Waals surface area (Å²) in [6.07, 6.45) is 0. The minimum atomic E-state index is 0.461. The van der Waals surface area contributed by atoms with E-state index in [1.165, 1.54) is 0 Å². The minimum absolute atomic E-state index is 0.461. The SMILES string of the molecule is N#Cc1cccc(C(=NO)c2ccccc2)c1. The lowest BCUT2D eigenvalue weighted by molar-refractivity contribution is 0.319. The fraction of sp³-hybridized carbons (Fsp3) is 0. The molecule has 2 rings (SSSR count). The molecule has 0 amide bonds. The molecule has 3 nitrogen and oxygen atoms in total. The number of nitrogens with zero attached hydrogens (tertiary/aromatic N) is 2. The maximum Gasteiger partial charge on any atom is 0.117 e.